The second-order valence-corrected chi connectivity index (χ2v) is 8.61. The molecule has 1 saturated heterocycles. The second kappa shape index (κ2) is 9.12. The zero-order valence-electron chi connectivity index (χ0n) is 18.4. The van der Waals surface area contributed by atoms with Crippen molar-refractivity contribution < 1.29 is 4.79 Å². The van der Waals surface area contributed by atoms with Gasteiger partial charge in [-0.25, -0.2) is 9.97 Å². The minimum atomic E-state index is 0.100. The first-order valence-electron chi connectivity index (χ1n) is 11.4. The van der Waals surface area contributed by atoms with Crippen molar-refractivity contribution in [1.82, 2.24) is 24.8 Å². The number of amides is 1. The smallest absolute Gasteiger partial charge is 0.228 e. The fourth-order valence-corrected chi connectivity index (χ4v) is 4.77. The Morgan fingerprint density at radius 2 is 1.97 bits per heavy atom. The second-order valence-electron chi connectivity index (χ2n) is 8.61. The highest BCUT2D eigenvalue weighted by Crippen LogP contribution is 2.35. The third-order valence-electron chi connectivity index (χ3n) is 6.42. The molecule has 0 spiro atoms. The molecule has 5 heterocycles. The van der Waals surface area contributed by atoms with Gasteiger partial charge in [-0.3, -0.25) is 24.6 Å². The van der Waals surface area contributed by atoms with E-state index in [1.54, 1.807) is 17.3 Å². The highest BCUT2D eigenvalue weighted by molar-refractivity contribution is 5.95. The Bertz CT molecular complexity index is 1090. The van der Waals surface area contributed by atoms with E-state index in [0.717, 1.165) is 54.5 Å². The number of likely N-dealkylation sites (tertiary alicyclic amines) is 1. The number of hydrogen-bond acceptors (Lipinski definition) is 6. The lowest BCUT2D eigenvalue weighted by molar-refractivity contribution is -0.119. The Hall–Kier alpha value is -3.19. The number of carbonyl (C=O) groups is 1. The van der Waals surface area contributed by atoms with E-state index < -0.39 is 0 Å². The van der Waals surface area contributed by atoms with Crippen LogP contribution < -0.4 is 4.90 Å². The molecule has 0 aromatic carbocycles. The summed E-state index contributed by atoms with van der Waals surface area (Å²) in [4.78, 5) is 35.8. The number of aryl methyl sites for hydroxylation is 1. The van der Waals surface area contributed by atoms with Crippen molar-refractivity contribution in [3.05, 3.63) is 77.3 Å². The average molecular weight is 429 g/mol. The van der Waals surface area contributed by atoms with E-state index >= 15 is 0 Å². The number of nitrogens with zero attached hydrogens (tertiary/aromatic N) is 6. The predicted molar refractivity (Wildman–Crippen MR) is 122 cm³/mol. The predicted octanol–water partition coefficient (Wildman–Crippen LogP) is 3.78. The summed E-state index contributed by atoms with van der Waals surface area (Å²) in [6, 6.07) is 10.0. The molecule has 2 aliphatic rings. The average Bonchev–Trinajstić information content (AvgIpc) is 2.82. The number of piperidine rings is 1. The summed E-state index contributed by atoms with van der Waals surface area (Å²) in [6.07, 6.45) is 10.0. The molecule has 1 fully saturated rings. The van der Waals surface area contributed by atoms with Crippen LogP contribution in [0.5, 0.6) is 0 Å². The molecule has 7 heteroatoms. The van der Waals surface area contributed by atoms with Crippen LogP contribution in [-0.2, 0) is 24.3 Å². The van der Waals surface area contributed by atoms with Gasteiger partial charge in [-0.2, -0.15) is 0 Å². The van der Waals surface area contributed by atoms with E-state index in [4.69, 9.17) is 9.97 Å². The number of anilines is 1. The lowest BCUT2D eigenvalue weighted by atomic mass is 9.99. The van der Waals surface area contributed by atoms with Gasteiger partial charge in [0.25, 0.3) is 0 Å². The molecule has 3 aromatic heterocycles. The molecule has 7 nitrogen and oxygen atoms in total. The van der Waals surface area contributed by atoms with E-state index in [9.17, 15) is 4.79 Å². The first kappa shape index (κ1) is 20.7. The maximum absolute atomic E-state index is 12.9. The first-order chi connectivity index (χ1) is 15.7. The fourth-order valence-electron chi connectivity index (χ4n) is 4.77. The normalized spacial score (nSPS) is 19.1. The summed E-state index contributed by atoms with van der Waals surface area (Å²) >= 11 is 0. The molecule has 0 aliphatic carbocycles. The van der Waals surface area contributed by atoms with E-state index in [1.165, 1.54) is 12.0 Å². The minimum Gasteiger partial charge on any atom is -0.290 e. The van der Waals surface area contributed by atoms with Crippen LogP contribution >= 0.6 is 0 Å². The molecule has 32 heavy (non-hydrogen) atoms. The van der Waals surface area contributed by atoms with E-state index in [-0.39, 0.29) is 11.9 Å². The van der Waals surface area contributed by atoms with Crippen LogP contribution in [0.3, 0.4) is 0 Å². The monoisotopic (exact) mass is 428 g/mol. The zero-order chi connectivity index (χ0) is 21.9. The largest absolute Gasteiger partial charge is 0.290 e. The van der Waals surface area contributed by atoms with Gasteiger partial charge in [0, 0.05) is 42.8 Å². The third-order valence-corrected chi connectivity index (χ3v) is 6.42. The molecule has 0 radical (unpaired) electrons. The lowest BCUT2D eigenvalue weighted by Gasteiger charge is -2.36. The van der Waals surface area contributed by atoms with Crippen LogP contribution in [0.25, 0.3) is 0 Å². The highest BCUT2D eigenvalue weighted by atomic mass is 16.2. The van der Waals surface area contributed by atoms with Crippen LogP contribution in [0, 0.1) is 6.92 Å². The Balaban J connectivity index is 1.48. The number of rotatable bonds is 5. The third kappa shape index (κ3) is 4.25. The first-order valence-corrected chi connectivity index (χ1v) is 11.4. The summed E-state index contributed by atoms with van der Waals surface area (Å²) < 4.78 is 0. The summed E-state index contributed by atoms with van der Waals surface area (Å²) in [7, 11) is 0. The molecular weight excluding hydrogens is 400 g/mol. The van der Waals surface area contributed by atoms with Gasteiger partial charge in [0.1, 0.15) is 11.6 Å². The molecule has 2 aliphatic heterocycles. The van der Waals surface area contributed by atoms with Gasteiger partial charge in [0.15, 0.2) is 0 Å². The molecule has 0 N–H and O–H groups in total. The molecule has 0 unspecified atom stereocenters. The molecule has 3 aromatic rings. The van der Waals surface area contributed by atoms with E-state index in [0.29, 0.717) is 19.4 Å². The van der Waals surface area contributed by atoms with Crippen LogP contribution in [0.2, 0.25) is 0 Å². The van der Waals surface area contributed by atoms with Gasteiger partial charge in [-0.15, -0.1) is 0 Å². The molecule has 1 atom stereocenters. The quantitative estimate of drug-likeness (QED) is 0.616. The minimum absolute atomic E-state index is 0.100. The number of carbonyl (C=O) groups excluding carboxylic acids is 1. The maximum atomic E-state index is 12.9. The molecule has 0 bridgehead atoms. The molecule has 0 saturated carbocycles. The van der Waals surface area contributed by atoms with Gasteiger partial charge < -0.3 is 0 Å². The topological polar surface area (TPSA) is 75.1 Å². The van der Waals surface area contributed by atoms with Gasteiger partial charge >= 0.3 is 0 Å². The van der Waals surface area contributed by atoms with Crippen molar-refractivity contribution in [2.45, 2.75) is 58.2 Å². The molecule has 164 valence electrons. The lowest BCUT2D eigenvalue weighted by Crippen LogP contribution is -2.38. The highest BCUT2D eigenvalue weighted by Gasteiger charge is 2.32. The van der Waals surface area contributed by atoms with Crippen molar-refractivity contribution in [3.63, 3.8) is 0 Å². The van der Waals surface area contributed by atoms with Crippen molar-refractivity contribution >= 4 is 11.7 Å². The molecule has 1 amide bonds. The van der Waals surface area contributed by atoms with Gasteiger partial charge in [-0.1, -0.05) is 18.6 Å². The van der Waals surface area contributed by atoms with Gasteiger partial charge in [0.05, 0.1) is 18.3 Å². The maximum Gasteiger partial charge on any atom is 0.228 e. The van der Waals surface area contributed by atoms with Crippen LogP contribution in [0.1, 0.15) is 60.1 Å². The van der Waals surface area contributed by atoms with Gasteiger partial charge in [0.2, 0.25) is 5.91 Å². The molecule has 5 rings (SSSR count). The zero-order valence-corrected chi connectivity index (χ0v) is 18.4. The van der Waals surface area contributed by atoms with E-state index in [1.807, 2.05) is 37.4 Å². The number of hydrogen-bond donors (Lipinski definition) is 0. The van der Waals surface area contributed by atoms with Crippen molar-refractivity contribution in [1.29, 1.82) is 0 Å². The van der Waals surface area contributed by atoms with Crippen LogP contribution in [0.4, 0.5) is 5.82 Å². The number of pyridine rings is 2. The summed E-state index contributed by atoms with van der Waals surface area (Å²) in [6.45, 7) is 4.32. The Kier molecular flexibility index (Phi) is 5.90. The Morgan fingerprint density at radius 3 is 2.78 bits per heavy atom. The standard InChI is InChI=1S/C25H28N6O/c1-18-21-10-11-23(32)31(17-20-8-2-4-13-27-20)25(21)29-24(28-18)22-9-3-5-14-30(22)16-19-7-6-12-26-15-19/h2,4,6-8,12-13,15,22H,3,5,9-11,14,16-17H2,1H3/t22-/m0/s1. The SMILES string of the molecule is Cc1nc([C@@H]2CCCCN2Cc2cccnc2)nc2c1CCC(=O)N2Cc1ccccn1. The van der Waals surface area contributed by atoms with Crippen molar-refractivity contribution in [3.8, 4) is 0 Å². The van der Waals surface area contributed by atoms with Crippen molar-refractivity contribution in [2.24, 2.45) is 0 Å². The fraction of sp³-hybridized carbons (Fsp3) is 0.400. The molecular formula is C25H28N6O. The van der Waals surface area contributed by atoms with E-state index in [2.05, 4.69) is 20.9 Å². The van der Waals surface area contributed by atoms with Crippen LogP contribution in [-0.4, -0.2) is 37.3 Å². The summed E-state index contributed by atoms with van der Waals surface area (Å²) in [5.74, 6) is 1.69. The Morgan fingerprint density at radius 1 is 1.03 bits per heavy atom. The number of fused-ring (bicyclic) bond motifs is 1. The van der Waals surface area contributed by atoms with Crippen LogP contribution in [0.15, 0.2) is 48.9 Å². The number of aromatic nitrogens is 4. The summed E-state index contributed by atoms with van der Waals surface area (Å²) in [5.41, 5.74) is 4.12. The van der Waals surface area contributed by atoms with Gasteiger partial charge in [-0.05, 0) is 56.5 Å². The summed E-state index contributed by atoms with van der Waals surface area (Å²) in [5, 5.41) is 0. The van der Waals surface area contributed by atoms with Crippen molar-refractivity contribution in [2.75, 3.05) is 11.4 Å². The Labute approximate surface area is 188 Å².